The third-order valence-corrected chi connectivity index (χ3v) is 3.37. The molecular weight excluding hydrogens is 248 g/mol. The van der Waals surface area contributed by atoms with Gasteiger partial charge in [-0.3, -0.25) is 0 Å². The Morgan fingerprint density at radius 2 is 1.50 bits per heavy atom. The second-order valence-electron chi connectivity index (χ2n) is 4.45. The fourth-order valence-corrected chi connectivity index (χ4v) is 2.35. The summed E-state index contributed by atoms with van der Waals surface area (Å²) in [5, 5.41) is 13.4. The largest absolute Gasteiger partial charge is 0.197 e. The quantitative estimate of drug-likeness (QED) is 0.452. The first-order valence-corrected chi connectivity index (χ1v) is 6.36. The van der Waals surface area contributed by atoms with Gasteiger partial charge in [-0.05, 0) is 23.1 Å². The summed E-state index contributed by atoms with van der Waals surface area (Å²) < 4.78 is 0. The van der Waals surface area contributed by atoms with Crippen molar-refractivity contribution in [2.45, 2.75) is 11.8 Å². The molecule has 0 heterocycles. The van der Waals surface area contributed by atoms with Crippen LogP contribution < -0.4 is 0 Å². The Labute approximate surface area is 117 Å². The molecule has 2 aromatic carbocycles. The van der Waals surface area contributed by atoms with Crippen LogP contribution in [0.25, 0.3) is 10.4 Å². The van der Waals surface area contributed by atoms with Gasteiger partial charge in [0.15, 0.2) is 0 Å². The molecule has 4 nitrogen and oxygen atoms in total. The van der Waals surface area contributed by atoms with Crippen molar-refractivity contribution in [3.8, 4) is 6.07 Å². The second kappa shape index (κ2) is 6.42. The third-order valence-electron chi connectivity index (χ3n) is 3.37. The minimum atomic E-state index is -0.781. The maximum atomic E-state index is 9.80. The molecule has 0 saturated heterocycles. The number of benzene rings is 2. The highest BCUT2D eigenvalue weighted by Crippen LogP contribution is 2.35. The van der Waals surface area contributed by atoms with Gasteiger partial charge in [0.1, 0.15) is 5.41 Å². The molecule has 0 bridgehead atoms. The fourth-order valence-electron chi connectivity index (χ4n) is 2.35. The minimum Gasteiger partial charge on any atom is -0.197 e. The van der Waals surface area contributed by atoms with Crippen molar-refractivity contribution in [3.63, 3.8) is 0 Å². The smallest absolute Gasteiger partial charge is 0.107 e. The van der Waals surface area contributed by atoms with Crippen LogP contribution in [-0.4, -0.2) is 6.54 Å². The van der Waals surface area contributed by atoms with Gasteiger partial charge in [-0.2, -0.15) is 5.26 Å². The Bertz CT molecular complexity index is 598. The molecule has 0 aliphatic carbocycles. The highest BCUT2D eigenvalue weighted by atomic mass is 15.1. The average Bonchev–Trinajstić information content (AvgIpc) is 2.54. The lowest BCUT2D eigenvalue weighted by Crippen LogP contribution is -2.26. The van der Waals surface area contributed by atoms with E-state index in [0.29, 0.717) is 6.42 Å². The van der Waals surface area contributed by atoms with E-state index in [2.05, 4.69) is 16.1 Å². The van der Waals surface area contributed by atoms with Crippen LogP contribution in [0.4, 0.5) is 0 Å². The number of hydrogen-bond acceptors (Lipinski definition) is 2. The number of nitriles is 1. The highest BCUT2D eigenvalue weighted by molar-refractivity contribution is 5.45. The molecule has 20 heavy (non-hydrogen) atoms. The van der Waals surface area contributed by atoms with Crippen LogP contribution in [0, 0.1) is 11.3 Å². The molecule has 0 atom stereocenters. The third kappa shape index (κ3) is 2.64. The van der Waals surface area contributed by atoms with Gasteiger partial charge < -0.3 is 0 Å². The van der Waals surface area contributed by atoms with Gasteiger partial charge in [-0.1, -0.05) is 65.8 Å². The molecule has 0 N–H and O–H groups in total. The minimum absolute atomic E-state index is 0.286. The van der Waals surface area contributed by atoms with Crippen LogP contribution in [0.1, 0.15) is 17.5 Å². The molecule has 2 rings (SSSR count). The maximum absolute atomic E-state index is 9.80. The summed E-state index contributed by atoms with van der Waals surface area (Å²) in [7, 11) is 0. The molecule has 2 aromatic rings. The van der Waals surface area contributed by atoms with Crippen LogP contribution in [0.15, 0.2) is 65.8 Å². The van der Waals surface area contributed by atoms with E-state index in [1.165, 1.54) is 0 Å². The Balaban J connectivity index is 2.52. The zero-order valence-electron chi connectivity index (χ0n) is 11.0. The Hall–Kier alpha value is -2.76. The Morgan fingerprint density at radius 3 is 1.90 bits per heavy atom. The van der Waals surface area contributed by atoms with Crippen LogP contribution >= 0.6 is 0 Å². The van der Waals surface area contributed by atoms with E-state index in [1.807, 2.05) is 60.7 Å². The molecule has 0 radical (unpaired) electrons. The molecule has 0 spiro atoms. The molecule has 0 saturated carbocycles. The van der Waals surface area contributed by atoms with E-state index in [1.54, 1.807) is 0 Å². The Kier molecular flexibility index (Phi) is 4.39. The average molecular weight is 262 g/mol. The molecule has 4 heteroatoms. The van der Waals surface area contributed by atoms with Crippen LogP contribution in [0.3, 0.4) is 0 Å². The van der Waals surface area contributed by atoms with Gasteiger partial charge in [0.2, 0.25) is 0 Å². The number of azide groups is 1. The number of hydrogen-bond donors (Lipinski definition) is 0. The first-order valence-electron chi connectivity index (χ1n) is 6.36. The predicted molar refractivity (Wildman–Crippen MR) is 77.9 cm³/mol. The van der Waals surface area contributed by atoms with Crippen molar-refractivity contribution >= 4 is 0 Å². The van der Waals surface area contributed by atoms with Crippen molar-refractivity contribution in [1.82, 2.24) is 0 Å². The summed E-state index contributed by atoms with van der Waals surface area (Å²) >= 11 is 0. The van der Waals surface area contributed by atoms with Crippen molar-refractivity contribution in [2.24, 2.45) is 5.11 Å². The van der Waals surface area contributed by atoms with Crippen molar-refractivity contribution in [1.29, 1.82) is 5.26 Å². The normalized spacial score (nSPS) is 10.3. The highest BCUT2D eigenvalue weighted by Gasteiger charge is 2.33. The van der Waals surface area contributed by atoms with Crippen LogP contribution in [0.2, 0.25) is 0 Å². The van der Waals surface area contributed by atoms with Gasteiger partial charge >= 0.3 is 0 Å². The maximum Gasteiger partial charge on any atom is 0.107 e. The summed E-state index contributed by atoms with van der Waals surface area (Å²) in [6, 6.07) is 21.7. The zero-order valence-corrected chi connectivity index (χ0v) is 11.0. The SMILES string of the molecule is N#CC(CCN=[N+]=[N-])(c1ccccc1)c1ccccc1. The predicted octanol–water partition coefficient (Wildman–Crippen LogP) is 4.20. The van der Waals surface area contributed by atoms with Gasteiger partial charge in [-0.25, -0.2) is 0 Å². The van der Waals surface area contributed by atoms with Gasteiger partial charge in [-0.15, -0.1) is 0 Å². The van der Waals surface area contributed by atoms with E-state index < -0.39 is 5.41 Å². The van der Waals surface area contributed by atoms with E-state index in [4.69, 9.17) is 5.53 Å². The molecule has 0 fully saturated rings. The van der Waals surface area contributed by atoms with E-state index in [0.717, 1.165) is 11.1 Å². The van der Waals surface area contributed by atoms with Crippen molar-refractivity contribution in [3.05, 3.63) is 82.2 Å². The summed E-state index contributed by atoms with van der Waals surface area (Å²) in [4.78, 5) is 2.78. The van der Waals surface area contributed by atoms with E-state index in [9.17, 15) is 5.26 Å². The molecule has 98 valence electrons. The molecule has 0 aromatic heterocycles. The lowest BCUT2D eigenvalue weighted by atomic mass is 9.73. The fraction of sp³-hybridized carbons (Fsp3) is 0.188. The van der Waals surface area contributed by atoms with Gasteiger partial charge in [0.25, 0.3) is 0 Å². The summed E-state index contributed by atoms with van der Waals surface area (Å²) in [6.45, 7) is 0.286. The monoisotopic (exact) mass is 262 g/mol. The summed E-state index contributed by atoms with van der Waals surface area (Å²) in [5.41, 5.74) is 9.51. The first kappa shape index (κ1) is 13.7. The molecule has 0 aliphatic heterocycles. The molecule has 0 unspecified atom stereocenters. The number of nitrogens with zero attached hydrogens (tertiary/aromatic N) is 4. The van der Waals surface area contributed by atoms with Crippen LogP contribution in [-0.2, 0) is 5.41 Å². The first-order chi connectivity index (χ1) is 9.83. The van der Waals surface area contributed by atoms with Crippen molar-refractivity contribution < 1.29 is 0 Å². The summed E-state index contributed by atoms with van der Waals surface area (Å²) in [5.74, 6) is 0. The molecule has 0 amide bonds. The standard InChI is InChI=1S/C16H14N4/c17-13-16(11-12-19-20-18,14-7-3-1-4-8-14)15-9-5-2-6-10-15/h1-10H,11-12H2. The Morgan fingerprint density at radius 1 is 1.00 bits per heavy atom. The topological polar surface area (TPSA) is 72.5 Å². The zero-order chi connectivity index (χ0) is 14.3. The lowest BCUT2D eigenvalue weighted by Gasteiger charge is -2.27. The number of rotatable bonds is 5. The van der Waals surface area contributed by atoms with Crippen molar-refractivity contribution in [2.75, 3.05) is 6.54 Å². The molecular formula is C16H14N4. The lowest BCUT2D eigenvalue weighted by molar-refractivity contribution is 0.601. The van der Waals surface area contributed by atoms with E-state index in [-0.39, 0.29) is 6.54 Å². The molecule has 0 aliphatic rings. The van der Waals surface area contributed by atoms with E-state index >= 15 is 0 Å². The second-order valence-corrected chi connectivity index (χ2v) is 4.45. The van der Waals surface area contributed by atoms with Gasteiger partial charge in [0, 0.05) is 11.5 Å². The summed E-state index contributed by atoms with van der Waals surface area (Å²) in [6.07, 6.45) is 0.460. The van der Waals surface area contributed by atoms with Gasteiger partial charge in [0.05, 0.1) is 6.07 Å². The van der Waals surface area contributed by atoms with Crippen LogP contribution in [0.5, 0.6) is 0 Å².